The lowest BCUT2D eigenvalue weighted by Crippen LogP contribution is -2.49. The lowest BCUT2D eigenvalue weighted by Gasteiger charge is -2.46. The Morgan fingerprint density at radius 1 is 0.565 bits per heavy atom. The molecule has 0 aromatic heterocycles. The minimum atomic E-state index is -3.91. The molecule has 20 heteroatoms. The third kappa shape index (κ3) is 15.1. The van der Waals surface area contributed by atoms with Crippen LogP contribution in [0.5, 0.6) is 11.5 Å². The van der Waals surface area contributed by atoms with Crippen LogP contribution in [-0.4, -0.2) is 131 Å². The van der Waals surface area contributed by atoms with Crippen LogP contribution in [0.15, 0.2) is 97.1 Å². The molecule has 12 rings (SSSR count). The van der Waals surface area contributed by atoms with Gasteiger partial charge in [0, 0.05) is 72.4 Å². The number of halogens is 2. The van der Waals surface area contributed by atoms with Gasteiger partial charge in [0.1, 0.15) is 11.5 Å². The molecule has 4 aliphatic heterocycles. The second-order valence-electron chi connectivity index (χ2n) is 27.4. The Morgan fingerprint density at radius 2 is 0.989 bits per heavy atom. The van der Waals surface area contributed by atoms with Gasteiger partial charge in [0.15, 0.2) is 0 Å². The number of carbonyl (C=O) groups is 2. The number of nitrogens with zero attached hydrogens (tertiary/aromatic N) is 2. The van der Waals surface area contributed by atoms with Gasteiger partial charge in [-0.25, -0.2) is 26.3 Å². The fourth-order valence-corrected chi connectivity index (χ4v) is 19.4. The molecule has 2 N–H and O–H groups in total. The van der Waals surface area contributed by atoms with Crippen LogP contribution in [0, 0.1) is 35.5 Å². The molecule has 4 bridgehead atoms. The maximum absolute atomic E-state index is 13.5. The molecule has 2 saturated carbocycles. The number of sulfonamides is 2. The van der Waals surface area contributed by atoms with Gasteiger partial charge < -0.3 is 38.2 Å². The number of aryl methyl sites for hydroxylation is 2. The highest BCUT2D eigenvalue weighted by atomic mass is 35.5. The number of nitrogens with one attached hydrogen (secondary N) is 2. The largest absolute Gasteiger partial charge is 0.490 e. The first-order chi connectivity index (χ1) is 44.2. The molecule has 0 radical (unpaired) electrons. The summed E-state index contributed by atoms with van der Waals surface area (Å²) in [5.74, 6) is 1.55. The van der Waals surface area contributed by atoms with Crippen LogP contribution in [0.1, 0.15) is 148 Å². The Balaban J connectivity index is 0.000000188. The van der Waals surface area contributed by atoms with Crippen molar-refractivity contribution in [2.75, 3.05) is 89.8 Å². The van der Waals surface area contributed by atoms with Gasteiger partial charge in [-0.2, -0.15) is 0 Å². The molecule has 2 amide bonds. The Morgan fingerprint density at radius 3 is 1.37 bits per heavy atom. The lowest BCUT2D eigenvalue weighted by molar-refractivity contribution is -0.0311. The number of carbonyl (C=O) groups excluding carboxylic acids is 2. The maximum Gasteiger partial charge on any atom is 0.264 e. The summed E-state index contributed by atoms with van der Waals surface area (Å²) < 4.78 is 95.4. The highest BCUT2D eigenvalue weighted by Crippen LogP contribution is 2.50. The van der Waals surface area contributed by atoms with E-state index in [2.05, 4.69) is 67.8 Å². The van der Waals surface area contributed by atoms with Crippen molar-refractivity contribution in [3.05, 3.63) is 141 Å². The van der Waals surface area contributed by atoms with Crippen LogP contribution < -0.4 is 28.7 Å². The minimum Gasteiger partial charge on any atom is -0.490 e. The number of methoxy groups -OCH3 is 2. The van der Waals surface area contributed by atoms with Gasteiger partial charge in [0.2, 0.25) is 20.0 Å². The van der Waals surface area contributed by atoms with Gasteiger partial charge in [0.05, 0.1) is 73.7 Å². The van der Waals surface area contributed by atoms with Gasteiger partial charge in [-0.3, -0.25) is 9.59 Å². The van der Waals surface area contributed by atoms with E-state index in [1.165, 1.54) is 22.3 Å². The number of fused-ring (bicyclic) bond motifs is 8. The topological polar surface area (TPSA) is 188 Å². The zero-order chi connectivity index (χ0) is 65.0. The van der Waals surface area contributed by atoms with Crippen molar-refractivity contribution in [3.63, 3.8) is 0 Å². The van der Waals surface area contributed by atoms with Gasteiger partial charge in [-0.05, 0) is 208 Å². The molecule has 4 aromatic rings. The molecule has 4 aromatic carbocycles. The van der Waals surface area contributed by atoms with E-state index in [9.17, 15) is 26.4 Å². The Bertz CT molecular complexity index is 3360. The summed E-state index contributed by atoms with van der Waals surface area (Å²) in [4.78, 5) is 31.8. The summed E-state index contributed by atoms with van der Waals surface area (Å²) in [5, 5.41) is 0.0879. The summed E-state index contributed by atoms with van der Waals surface area (Å²) in [6, 6.07) is 23.1. The van der Waals surface area contributed by atoms with Gasteiger partial charge in [0.25, 0.3) is 11.8 Å². The molecular weight excluding hydrogens is 1250 g/mol. The second kappa shape index (κ2) is 29.4. The molecule has 500 valence electrons. The second-order valence-corrected chi connectivity index (χ2v) is 32.2. The maximum atomic E-state index is 13.5. The fourth-order valence-electron chi connectivity index (χ4n) is 15.9. The molecule has 2 fully saturated rings. The number of anilines is 2. The van der Waals surface area contributed by atoms with Crippen molar-refractivity contribution in [1.29, 1.82) is 0 Å². The number of ether oxygens (including phenoxy) is 6. The third-order valence-corrected chi connectivity index (χ3v) is 25.5. The van der Waals surface area contributed by atoms with Crippen LogP contribution in [0.25, 0.3) is 0 Å². The first-order valence-corrected chi connectivity index (χ1v) is 37.4. The van der Waals surface area contributed by atoms with Gasteiger partial charge >= 0.3 is 0 Å². The van der Waals surface area contributed by atoms with Crippen molar-refractivity contribution < 1.29 is 54.8 Å². The zero-order valence-corrected chi connectivity index (χ0v) is 57.5. The first kappa shape index (κ1) is 68.2. The minimum absolute atomic E-state index is 0.00930. The van der Waals surface area contributed by atoms with E-state index in [0.717, 1.165) is 112 Å². The summed E-state index contributed by atoms with van der Waals surface area (Å²) in [5.41, 5.74) is 6.87. The first-order valence-electron chi connectivity index (χ1n) is 33.6. The molecule has 2 spiro atoms. The summed E-state index contributed by atoms with van der Waals surface area (Å²) in [6.45, 7) is 13.8. The van der Waals surface area contributed by atoms with E-state index in [1.54, 1.807) is 26.4 Å². The molecule has 16 nitrogen and oxygen atoms in total. The van der Waals surface area contributed by atoms with Crippen LogP contribution in [0.2, 0.25) is 10.0 Å². The van der Waals surface area contributed by atoms with Crippen LogP contribution >= 0.6 is 23.2 Å². The summed E-state index contributed by atoms with van der Waals surface area (Å²) >= 11 is 12.9. The molecule has 0 saturated heterocycles. The number of rotatable bonds is 10. The predicted octanol–water partition coefficient (Wildman–Crippen LogP) is 12.6. The van der Waals surface area contributed by atoms with E-state index >= 15 is 0 Å². The van der Waals surface area contributed by atoms with E-state index in [4.69, 9.17) is 51.6 Å². The van der Waals surface area contributed by atoms with Gasteiger partial charge in [-0.1, -0.05) is 87.3 Å². The third-order valence-electron chi connectivity index (χ3n) is 21.3. The predicted molar refractivity (Wildman–Crippen MR) is 363 cm³/mol. The average molecular weight is 1340 g/mol. The quantitative estimate of drug-likeness (QED) is 0.113. The molecule has 92 heavy (non-hydrogen) atoms. The Labute approximate surface area is 555 Å². The van der Waals surface area contributed by atoms with Gasteiger partial charge in [-0.15, -0.1) is 0 Å². The zero-order valence-electron chi connectivity index (χ0n) is 54.3. The normalized spacial score (nSPS) is 31.4. The smallest absolute Gasteiger partial charge is 0.264 e. The Hall–Kier alpha value is -5.18. The van der Waals surface area contributed by atoms with Crippen molar-refractivity contribution in [1.82, 2.24) is 9.44 Å². The number of amides is 2. The van der Waals surface area contributed by atoms with Crippen molar-refractivity contribution in [2.45, 2.75) is 151 Å². The van der Waals surface area contributed by atoms with Crippen molar-refractivity contribution in [3.8, 4) is 11.5 Å². The highest BCUT2D eigenvalue weighted by molar-refractivity contribution is 7.91. The number of hydrogen-bond donors (Lipinski definition) is 2. The lowest BCUT2D eigenvalue weighted by atomic mass is 9.68. The number of allylic oxidation sites excluding steroid dienone is 2. The highest BCUT2D eigenvalue weighted by Gasteiger charge is 2.47. The monoisotopic (exact) mass is 1340 g/mol. The van der Waals surface area contributed by atoms with E-state index < -0.39 is 42.4 Å². The molecule has 8 aliphatic rings. The molecule has 4 heterocycles. The molecule has 0 unspecified atom stereocenters. The molecular formula is C72H94Cl2N4O12S2. The van der Waals surface area contributed by atoms with E-state index in [1.807, 2.05) is 64.1 Å². The SMILES string of the molecule is CC[C@@H]1C[C@@H](C)/C=C/[C@H](OCCOC)[C@@H]2CC[C@H]2CN2C[C@@]3(CCCc4cc(Cl)ccc43)COc3ccc(cc32)C(=O)NS1(=O)=O.CC[C@@H]1C[C@H](C)/C=C/[C@H](OCCOC)[C@@H]2CC[C@H]2CN2C[C@@]3(CCCc4cc(Cl)ccc43)COc3ccc(cc32)C(=O)NS1(=O)=O. The molecule has 12 atom stereocenters. The van der Waals surface area contributed by atoms with Crippen molar-refractivity contribution in [2.24, 2.45) is 35.5 Å². The summed E-state index contributed by atoms with van der Waals surface area (Å²) in [7, 11) is -4.46. The average Bonchev–Trinajstić information content (AvgIpc) is 1.53. The van der Waals surface area contributed by atoms with Crippen molar-refractivity contribution >= 4 is 66.4 Å². The van der Waals surface area contributed by atoms with Crippen LogP contribution in [-0.2, 0) is 62.7 Å². The standard InChI is InChI=1S/2C36H47ClN2O6S/c2*1-4-29-18-24(2)7-13-33(44-17-16-43-3)30-11-8-27(30)21-39-22-36(15-5-6-25-19-28(37)10-12-31(25)36)23-45-34-14-9-26(20-32(34)39)35(40)38-46(29,41)42/h2*7,9-10,12-14,19-20,24,27,29-30,33H,4-6,8,11,15-18,21-23H2,1-3H3,(H,38,40)/b2*13-7+/t24-,27+,29-,30-,33+,36+;24-,27-,29+,30+,33-,36-/m10/s1. The molecule has 4 aliphatic carbocycles. The Kier molecular flexibility index (Phi) is 21.8. The van der Waals surface area contributed by atoms with Crippen LogP contribution in [0.3, 0.4) is 0 Å². The van der Waals surface area contributed by atoms with Crippen LogP contribution in [0.4, 0.5) is 11.4 Å². The number of benzene rings is 4. The fraction of sp³-hybridized carbons (Fsp3) is 0.583. The van der Waals surface area contributed by atoms with E-state index in [-0.39, 0.29) is 34.9 Å². The number of hydrogen-bond acceptors (Lipinski definition) is 14. The van der Waals surface area contributed by atoms with E-state index in [0.29, 0.717) is 112 Å². The summed E-state index contributed by atoms with van der Waals surface area (Å²) in [6.07, 6.45) is 20.2.